The maximum absolute atomic E-state index is 14.2. The molecule has 1 spiro atoms. The number of anilines is 1. The van der Waals surface area contributed by atoms with E-state index in [1.165, 1.54) is 0 Å². The molecule has 0 atom stereocenters. The zero-order valence-corrected chi connectivity index (χ0v) is 25.9. The van der Waals surface area contributed by atoms with E-state index >= 15 is 0 Å². The third kappa shape index (κ3) is 7.18. The summed E-state index contributed by atoms with van der Waals surface area (Å²) in [6, 6.07) is 26.9. The van der Waals surface area contributed by atoms with Crippen LogP contribution in [0.5, 0.6) is 5.75 Å². The largest absolute Gasteiger partial charge is 0.492 e. The number of likely N-dealkylation sites (tertiary alicyclic amines) is 1. The van der Waals surface area contributed by atoms with Crippen molar-refractivity contribution < 1.29 is 14.3 Å². The van der Waals surface area contributed by atoms with Crippen LogP contribution in [-0.4, -0.2) is 70.9 Å². The van der Waals surface area contributed by atoms with Crippen LogP contribution in [0.3, 0.4) is 0 Å². The molecule has 1 fully saturated rings. The number of nitrogens with zero attached hydrogens (tertiary/aromatic N) is 6. The Kier molecular flexibility index (Phi) is 9.54. The first-order valence-corrected chi connectivity index (χ1v) is 15.9. The average molecular weight is 615 g/mol. The van der Waals surface area contributed by atoms with Crippen LogP contribution in [0.1, 0.15) is 57.5 Å². The number of para-hydroxylation sites is 1. The second-order valence-electron chi connectivity index (χ2n) is 12.1. The van der Waals surface area contributed by atoms with Crippen molar-refractivity contribution in [2.45, 2.75) is 32.2 Å². The Hall–Kier alpha value is -5.23. The molecule has 9 nitrogen and oxygen atoms in total. The Labute approximate surface area is 270 Å². The quantitative estimate of drug-likeness (QED) is 0.295. The number of benzene rings is 2. The molecular formula is C37H38N6O3. The second kappa shape index (κ2) is 14.2. The minimum Gasteiger partial charge on any atom is -0.492 e. The van der Waals surface area contributed by atoms with E-state index in [9.17, 15) is 14.9 Å². The molecule has 6 rings (SSSR count). The van der Waals surface area contributed by atoms with Gasteiger partial charge >= 0.3 is 0 Å². The lowest BCUT2D eigenvalue weighted by atomic mass is 9.75. The van der Waals surface area contributed by atoms with Crippen molar-refractivity contribution in [3.05, 3.63) is 120 Å². The first-order valence-electron chi connectivity index (χ1n) is 15.9. The van der Waals surface area contributed by atoms with Crippen LogP contribution in [-0.2, 0) is 6.54 Å². The number of piperidine rings is 1. The monoisotopic (exact) mass is 614 g/mol. The summed E-state index contributed by atoms with van der Waals surface area (Å²) < 4.78 is 6.57. The summed E-state index contributed by atoms with van der Waals surface area (Å²) in [5, 5.41) is 9.33. The maximum Gasteiger partial charge on any atom is 0.257 e. The van der Waals surface area contributed by atoms with E-state index < -0.39 is 0 Å². The number of ether oxygens (including phenoxy) is 1. The van der Waals surface area contributed by atoms with Gasteiger partial charge in [-0.05, 0) is 67.6 Å². The smallest absolute Gasteiger partial charge is 0.257 e. The van der Waals surface area contributed by atoms with Crippen molar-refractivity contribution in [2.75, 3.05) is 44.2 Å². The summed E-state index contributed by atoms with van der Waals surface area (Å²) in [5.74, 6) is 1.31. The third-order valence-corrected chi connectivity index (χ3v) is 9.17. The van der Waals surface area contributed by atoms with Gasteiger partial charge in [-0.2, -0.15) is 5.26 Å². The Morgan fingerprint density at radius 1 is 0.870 bits per heavy atom. The number of carbonyl (C=O) groups excluding carboxylic acids is 2. The highest BCUT2D eigenvalue weighted by Crippen LogP contribution is 2.38. The first-order chi connectivity index (χ1) is 22.5. The third-order valence-electron chi connectivity index (χ3n) is 9.17. The molecule has 2 aromatic carbocycles. The van der Waals surface area contributed by atoms with Gasteiger partial charge in [-0.15, -0.1) is 0 Å². The maximum atomic E-state index is 14.2. The molecule has 4 heterocycles. The van der Waals surface area contributed by atoms with Crippen LogP contribution >= 0.6 is 0 Å². The second-order valence-corrected chi connectivity index (χ2v) is 12.1. The lowest BCUT2D eigenvalue weighted by molar-refractivity contribution is 0.0363. The number of nitriles is 1. The molecule has 46 heavy (non-hydrogen) atoms. The summed E-state index contributed by atoms with van der Waals surface area (Å²) in [4.78, 5) is 42.1. The van der Waals surface area contributed by atoms with Gasteiger partial charge in [0.2, 0.25) is 0 Å². The number of pyridine rings is 2. The number of amides is 2. The summed E-state index contributed by atoms with van der Waals surface area (Å²) in [5.41, 5.74) is 2.59. The van der Waals surface area contributed by atoms with Gasteiger partial charge < -0.3 is 19.4 Å². The van der Waals surface area contributed by atoms with Crippen LogP contribution in [0.25, 0.3) is 0 Å². The standard InChI is InChI=1S/C37H38N6O3/c38-25-30-11-12-34(40-26-30)41-20-6-15-37(16-21-42(22-17-37)35(44)31-13-18-39-19-14-31)28-46-33-10-5-4-9-32(33)36(45)43(24-23-41)27-29-7-2-1-3-8-29/h1-5,7-14,18-19,26H,6,15-17,20-24,27-28H2. The minimum absolute atomic E-state index is 0.0234. The van der Waals surface area contributed by atoms with Crippen molar-refractivity contribution in [2.24, 2.45) is 5.41 Å². The highest BCUT2D eigenvalue weighted by molar-refractivity contribution is 5.97. The summed E-state index contributed by atoms with van der Waals surface area (Å²) >= 11 is 0. The number of rotatable bonds is 4. The fourth-order valence-corrected chi connectivity index (χ4v) is 6.42. The van der Waals surface area contributed by atoms with E-state index in [0.29, 0.717) is 61.8 Å². The zero-order chi connectivity index (χ0) is 31.8. The first kappa shape index (κ1) is 30.8. The van der Waals surface area contributed by atoms with Gasteiger partial charge in [-0.25, -0.2) is 4.98 Å². The molecule has 9 heteroatoms. The van der Waals surface area contributed by atoms with Gasteiger partial charge in [-0.3, -0.25) is 14.6 Å². The van der Waals surface area contributed by atoms with Gasteiger partial charge in [0.25, 0.3) is 11.8 Å². The zero-order valence-electron chi connectivity index (χ0n) is 25.9. The van der Waals surface area contributed by atoms with E-state index in [4.69, 9.17) is 4.74 Å². The molecule has 0 radical (unpaired) electrons. The molecule has 0 N–H and O–H groups in total. The van der Waals surface area contributed by atoms with Crippen LogP contribution < -0.4 is 9.64 Å². The normalized spacial score (nSPS) is 17.1. The highest BCUT2D eigenvalue weighted by atomic mass is 16.5. The molecule has 0 saturated carbocycles. The number of aromatic nitrogens is 2. The number of carbonyl (C=O) groups is 2. The minimum atomic E-state index is -0.160. The predicted octanol–water partition coefficient (Wildman–Crippen LogP) is 5.59. The van der Waals surface area contributed by atoms with Crippen molar-refractivity contribution in [3.63, 3.8) is 0 Å². The van der Waals surface area contributed by atoms with Gasteiger partial charge in [0, 0.05) is 68.8 Å². The number of fused-ring (bicyclic) bond motifs is 1. The predicted molar refractivity (Wildman–Crippen MR) is 175 cm³/mol. The van der Waals surface area contributed by atoms with Crippen LogP contribution in [0.2, 0.25) is 0 Å². The summed E-state index contributed by atoms with van der Waals surface area (Å²) in [6.45, 7) is 4.01. The van der Waals surface area contributed by atoms with E-state index in [1.54, 1.807) is 36.8 Å². The van der Waals surface area contributed by atoms with Gasteiger partial charge in [0.1, 0.15) is 17.6 Å². The van der Waals surface area contributed by atoms with Crippen molar-refractivity contribution in [1.29, 1.82) is 5.26 Å². The van der Waals surface area contributed by atoms with E-state index in [-0.39, 0.29) is 17.2 Å². The molecule has 4 aromatic rings. The lowest BCUT2D eigenvalue weighted by Gasteiger charge is -2.42. The van der Waals surface area contributed by atoms with Crippen molar-refractivity contribution >= 4 is 17.6 Å². The van der Waals surface area contributed by atoms with Gasteiger partial charge in [-0.1, -0.05) is 42.5 Å². The molecule has 2 aromatic heterocycles. The van der Waals surface area contributed by atoms with E-state index in [1.807, 2.05) is 70.5 Å². The summed E-state index contributed by atoms with van der Waals surface area (Å²) in [7, 11) is 0. The van der Waals surface area contributed by atoms with Gasteiger partial charge in [0.15, 0.2) is 0 Å². The topological polar surface area (TPSA) is 103 Å². The van der Waals surface area contributed by atoms with Crippen LogP contribution in [0.4, 0.5) is 5.82 Å². The molecule has 234 valence electrons. The average Bonchev–Trinajstić information content (AvgIpc) is 3.13. The van der Waals surface area contributed by atoms with E-state index in [0.717, 1.165) is 43.6 Å². The van der Waals surface area contributed by atoms with E-state index in [2.05, 4.69) is 20.9 Å². The van der Waals surface area contributed by atoms with Crippen LogP contribution in [0.15, 0.2) is 97.5 Å². The number of hydrogen-bond acceptors (Lipinski definition) is 7. The summed E-state index contributed by atoms with van der Waals surface area (Å²) in [6.07, 6.45) is 8.29. The molecule has 2 aliphatic rings. The molecule has 1 saturated heterocycles. The molecule has 2 amide bonds. The fraction of sp³-hybridized carbons (Fsp3) is 0.324. The fourth-order valence-electron chi connectivity index (χ4n) is 6.42. The Morgan fingerprint density at radius 2 is 1.63 bits per heavy atom. The Bertz CT molecular complexity index is 1670. The lowest BCUT2D eigenvalue weighted by Crippen LogP contribution is -2.46. The molecule has 2 aliphatic heterocycles. The van der Waals surface area contributed by atoms with Crippen molar-refractivity contribution in [3.8, 4) is 11.8 Å². The SMILES string of the molecule is N#Cc1ccc(N2CCCC3(CCN(C(=O)c4ccncc4)CC3)COc3ccccc3C(=O)N(Cc3ccccc3)CC2)nc1. The Balaban J connectivity index is 1.28. The molecule has 0 bridgehead atoms. The number of hydrogen-bond donors (Lipinski definition) is 0. The molecule has 0 unspecified atom stereocenters. The Morgan fingerprint density at radius 3 is 2.37 bits per heavy atom. The van der Waals surface area contributed by atoms with Gasteiger partial charge in [0.05, 0.1) is 17.7 Å². The highest BCUT2D eigenvalue weighted by Gasteiger charge is 2.37. The van der Waals surface area contributed by atoms with Crippen molar-refractivity contribution in [1.82, 2.24) is 19.8 Å². The molecular weight excluding hydrogens is 576 g/mol. The molecule has 0 aliphatic carbocycles. The van der Waals surface area contributed by atoms with Crippen LogP contribution in [0, 0.1) is 16.7 Å².